The van der Waals surface area contributed by atoms with Gasteiger partial charge in [0.05, 0.1) is 13.1 Å². The van der Waals surface area contributed by atoms with E-state index in [1.54, 1.807) is 4.90 Å². The quantitative estimate of drug-likeness (QED) is 0.885. The molecule has 0 aromatic heterocycles. The molecule has 3 heteroatoms. The van der Waals surface area contributed by atoms with Crippen molar-refractivity contribution >= 4 is 11.6 Å². The Kier molecular flexibility index (Phi) is 4.90. The van der Waals surface area contributed by atoms with Crippen LogP contribution in [0.2, 0.25) is 5.02 Å². The maximum Gasteiger partial charge on any atom is 0.137 e. The van der Waals surface area contributed by atoms with Gasteiger partial charge in [-0.15, -0.1) is 0 Å². The van der Waals surface area contributed by atoms with Crippen LogP contribution in [0.15, 0.2) is 24.3 Å². The molecule has 1 unspecified atom stereocenters. The number of halogens is 1. The van der Waals surface area contributed by atoms with Crippen molar-refractivity contribution in [3.63, 3.8) is 0 Å². The van der Waals surface area contributed by atoms with E-state index in [0.717, 1.165) is 35.8 Å². The number of likely N-dealkylation sites (tertiary alicyclic amines) is 1. The zero-order valence-corrected chi connectivity index (χ0v) is 12.0. The Labute approximate surface area is 115 Å². The summed E-state index contributed by atoms with van der Waals surface area (Å²) in [7, 11) is 0. The van der Waals surface area contributed by atoms with Crippen molar-refractivity contribution in [3.05, 3.63) is 29.3 Å². The summed E-state index contributed by atoms with van der Waals surface area (Å²) in [6, 6.07) is 7.60. The standard InChI is InChI=1S/C15H22ClNO/c1-12-9-13(2)11-17(10-12)7-8-18-15-5-3-14(16)4-6-15/h3-6,12-13H,7-11H2,1-2H3/p+1/t12-,13+. The minimum Gasteiger partial charge on any atom is -0.488 e. The first-order chi connectivity index (χ1) is 8.63. The lowest BCUT2D eigenvalue weighted by atomic mass is 9.92. The molecule has 0 spiro atoms. The van der Waals surface area contributed by atoms with E-state index in [2.05, 4.69) is 13.8 Å². The van der Waals surface area contributed by atoms with E-state index >= 15 is 0 Å². The van der Waals surface area contributed by atoms with Crippen molar-refractivity contribution in [2.45, 2.75) is 20.3 Å². The fourth-order valence-electron chi connectivity index (χ4n) is 2.97. The molecule has 1 aliphatic rings. The number of ether oxygens (including phenoxy) is 1. The Morgan fingerprint density at radius 2 is 1.78 bits per heavy atom. The third-order valence-corrected chi connectivity index (χ3v) is 3.87. The van der Waals surface area contributed by atoms with Gasteiger partial charge in [-0.25, -0.2) is 0 Å². The highest BCUT2D eigenvalue weighted by Crippen LogP contribution is 2.15. The van der Waals surface area contributed by atoms with Crippen LogP contribution in [-0.4, -0.2) is 26.2 Å². The molecule has 0 aliphatic carbocycles. The predicted molar refractivity (Wildman–Crippen MR) is 75.5 cm³/mol. The van der Waals surface area contributed by atoms with E-state index in [0.29, 0.717) is 0 Å². The van der Waals surface area contributed by atoms with E-state index < -0.39 is 0 Å². The molecule has 1 heterocycles. The van der Waals surface area contributed by atoms with Crippen molar-refractivity contribution in [3.8, 4) is 5.75 Å². The molecule has 2 rings (SSSR count). The van der Waals surface area contributed by atoms with Gasteiger partial charge in [0, 0.05) is 16.9 Å². The lowest BCUT2D eigenvalue weighted by Crippen LogP contribution is -3.14. The Balaban J connectivity index is 1.73. The first kappa shape index (κ1) is 13.7. The molecule has 0 bridgehead atoms. The molecule has 3 atom stereocenters. The molecule has 1 saturated heterocycles. The third-order valence-electron chi connectivity index (χ3n) is 3.62. The van der Waals surface area contributed by atoms with Gasteiger partial charge in [0.25, 0.3) is 0 Å². The molecule has 100 valence electrons. The van der Waals surface area contributed by atoms with Crippen molar-refractivity contribution in [1.82, 2.24) is 0 Å². The van der Waals surface area contributed by atoms with Crippen LogP contribution in [0.25, 0.3) is 0 Å². The molecule has 0 saturated carbocycles. The fourth-order valence-corrected chi connectivity index (χ4v) is 3.10. The number of hydrogen-bond donors (Lipinski definition) is 1. The van der Waals surface area contributed by atoms with Crippen molar-refractivity contribution in [1.29, 1.82) is 0 Å². The number of quaternary nitrogens is 1. The van der Waals surface area contributed by atoms with Gasteiger partial charge >= 0.3 is 0 Å². The van der Waals surface area contributed by atoms with Gasteiger partial charge in [0.1, 0.15) is 18.9 Å². The molecular formula is C15H23ClNO+. The molecule has 18 heavy (non-hydrogen) atoms. The predicted octanol–water partition coefficient (Wildman–Crippen LogP) is 2.28. The molecule has 1 aromatic rings. The highest BCUT2D eigenvalue weighted by atomic mass is 35.5. The van der Waals surface area contributed by atoms with E-state index in [4.69, 9.17) is 16.3 Å². The summed E-state index contributed by atoms with van der Waals surface area (Å²) in [5.74, 6) is 2.61. The summed E-state index contributed by atoms with van der Waals surface area (Å²) in [5, 5.41) is 0.756. The number of piperidine rings is 1. The summed E-state index contributed by atoms with van der Waals surface area (Å²) in [6.07, 6.45) is 1.38. The minimum absolute atomic E-state index is 0.756. The second kappa shape index (κ2) is 6.44. The van der Waals surface area contributed by atoms with Crippen LogP contribution in [0.3, 0.4) is 0 Å². The third kappa shape index (κ3) is 4.18. The van der Waals surface area contributed by atoms with E-state index in [1.165, 1.54) is 19.5 Å². The smallest absolute Gasteiger partial charge is 0.137 e. The maximum atomic E-state index is 5.84. The molecule has 1 aromatic carbocycles. The monoisotopic (exact) mass is 268 g/mol. The summed E-state index contributed by atoms with van der Waals surface area (Å²) in [6.45, 7) is 9.17. The zero-order valence-electron chi connectivity index (χ0n) is 11.3. The van der Waals surface area contributed by atoms with Crippen LogP contribution in [0.1, 0.15) is 20.3 Å². The van der Waals surface area contributed by atoms with Crippen molar-refractivity contribution in [2.75, 3.05) is 26.2 Å². The van der Waals surface area contributed by atoms with Crippen molar-refractivity contribution in [2.24, 2.45) is 11.8 Å². The number of nitrogens with one attached hydrogen (secondary N) is 1. The topological polar surface area (TPSA) is 13.7 Å². The van der Waals surface area contributed by atoms with Crippen LogP contribution in [0.4, 0.5) is 0 Å². The normalized spacial score (nSPS) is 28.1. The summed E-state index contributed by atoms with van der Waals surface area (Å²) < 4.78 is 5.75. The molecule has 0 radical (unpaired) electrons. The van der Waals surface area contributed by atoms with Crippen LogP contribution in [-0.2, 0) is 0 Å². The van der Waals surface area contributed by atoms with Gasteiger partial charge in [0.2, 0.25) is 0 Å². The Hall–Kier alpha value is -0.730. The second-order valence-corrected chi connectivity index (χ2v) is 6.09. The first-order valence-electron chi connectivity index (χ1n) is 6.85. The van der Waals surface area contributed by atoms with Gasteiger partial charge in [-0.05, 0) is 30.7 Å². The Morgan fingerprint density at radius 1 is 1.17 bits per heavy atom. The van der Waals surface area contributed by atoms with Crippen molar-refractivity contribution < 1.29 is 9.64 Å². The lowest BCUT2D eigenvalue weighted by Gasteiger charge is -2.31. The molecular weight excluding hydrogens is 246 g/mol. The van der Waals surface area contributed by atoms with Crippen LogP contribution >= 0.6 is 11.6 Å². The molecule has 2 nitrogen and oxygen atoms in total. The number of hydrogen-bond acceptors (Lipinski definition) is 1. The van der Waals surface area contributed by atoms with Gasteiger partial charge in [-0.2, -0.15) is 0 Å². The first-order valence-corrected chi connectivity index (χ1v) is 7.23. The zero-order chi connectivity index (χ0) is 13.0. The Morgan fingerprint density at radius 3 is 2.39 bits per heavy atom. The summed E-state index contributed by atoms with van der Waals surface area (Å²) >= 11 is 5.84. The average molecular weight is 269 g/mol. The van der Waals surface area contributed by atoms with Crippen LogP contribution < -0.4 is 9.64 Å². The van der Waals surface area contributed by atoms with Crippen LogP contribution in [0, 0.1) is 11.8 Å². The molecule has 0 amide bonds. The van der Waals surface area contributed by atoms with Gasteiger partial charge in [0.15, 0.2) is 0 Å². The Bertz CT molecular complexity index is 355. The van der Waals surface area contributed by atoms with E-state index in [-0.39, 0.29) is 0 Å². The average Bonchev–Trinajstić information content (AvgIpc) is 2.30. The fraction of sp³-hybridized carbons (Fsp3) is 0.600. The highest BCUT2D eigenvalue weighted by molar-refractivity contribution is 6.30. The minimum atomic E-state index is 0.756. The lowest BCUT2D eigenvalue weighted by molar-refractivity contribution is -0.912. The van der Waals surface area contributed by atoms with E-state index in [1.807, 2.05) is 24.3 Å². The summed E-state index contributed by atoms with van der Waals surface area (Å²) in [5.41, 5.74) is 0. The SMILES string of the molecule is C[C@@H]1C[C@H](C)C[NH+](CCOc2ccc(Cl)cc2)C1. The molecule has 1 fully saturated rings. The number of rotatable bonds is 4. The van der Waals surface area contributed by atoms with Gasteiger partial charge < -0.3 is 9.64 Å². The molecule has 1 N–H and O–H groups in total. The molecule has 1 aliphatic heterocycles. The number of benzene rings is 1. The van der Waals surface area contributed by atoms with E-state index in [9.17, 15) is 0 Å². The largest absolute Gasteiger partial charge is 0.488 e. The summed E-state index contributed by atoms with van der Waals surface area (Å²) in [4.78, 5) is 1.68. The van der Waals surface area contributed by atoms with Crippen LogP contribution in [0.5, 0.6) is 5.75 Å². The van der Waals surface area contributed by atoms with Gasteiger partial charge in [-0.3, -0.25) is 0 Å². The maximum absolute atomic E-state index is 5.84. The highest BCUT2D eigenvalue weighted by Gasteiger charge is 2.24. The second-order valence-electron chi connectivity index (χ2n) is 5.66. The van der Waals surface area contributed by atoms with Gasteiger partial charge in [-0.1, -0.05) is 25.4 Å².